The molecule has 1 aromatic carbocycles. The van der Waals surface area contributed by atoms with Crippen LogP contribution >= 0.6 is 0 Å². The zero-order valence-corrected chi connectivity index (χ0v) is 11.6. The Kier molecular flexibility index (Phi) is 4.61. The standard InChI is InChI=1S/C15H24N2O/c1-12-6-4-5-7-15(12)17(3)10-14(16-2)13-8-9-18-11-13/h4-7,13-14,16H,8-11H2,1-3H3. The molecule has 1 aliphatic heterocycles. The van der Waals surface area contributed by atoms with E-state index in [1.165, 1.54) is 17.7 Å². The third-order valence-corrected chi connectivity index (χ3v) is 3.90. The number of ether oxygens (including phenoxy) is 1. The van der Waals surface area contributed by atoms with Crippen LogP contribution < -0.4 is 10.2 Å². The largest absolute Gasteiger partial charge is 0.381 e. The highest BCUT2D eigenvalue weighted by Gasteiger charge is 2.25. The summed E-state index contributed by atoms with van der Waals surface area (Å²) < 4.78 is 5.49. The van der Waals surface area contributed by atoms with E-state index in [0.717, 1.165) is 19.8 Å². The van der Waals surface area contributed by atoms with E-state index in [0.29, 0.717) is 12.0 Å². The van der Waals surface area contributed by atoms with Crippen molar-refractivity contribution in [3.8, 4) is 0 Å². The fraction of sp³-hybridized carbons (Fsp3) is 0.600. The first-order chi connectivity index (χ1) is 8.72. The normalized spacial score (nSPS) is 20.9. The van der Waals surface area contributed by atoms with E-state index in [2.05, 4.69) is 55.5 Å². The molecule has 0 amide bonds. The van der Waals surface area contributed by atoms with Crippen molar-refractivity contribution >= 4 is 5.69 Å². The van der Waals surface area contributed by atoms with Gasteiger partial charge in [0.25, 0.3) is 0 Å². The molecule has 1 aliphatic rings. The molecule has 0 bridgehead atoms. The van der Waals surface area contributed by atoms with E-state index >= 15 is 0 Å². The number of anilines is 1. The van der Waals surface area contributed by atoms with Gasteiger partial charge in [0.2, 0.25) is 0 Å². The van der Waals surface area contributed by atoms with Crippen molar-refractivity contribution in [2.45, 2.75) is 19.4 Å². The second-order valence-electron chi connectivity index (χ2n) is 5.19. The Hall–Kier alpha value is -1.06. The summed E-state index contributed by atoms with van der Waals surface area (Å²) in [6.07, 6.45) is 1.17. The van der Waals surface area contributed by atoms with Gasteiger partial charge in [-0.3, -0.25) is 0 Å². The Morgan fingerprint density at radius 3 is 2.83 bits per heavy atom. The summed E-state index contributed by atoms with van der Waals surface area (Å²) in [5.41, 5.74) is 2.65. The van der Waals surface area contributed by atoms with Crippen LogP contribution in [0.5, 0.6) is 0 Å². The predicted molar refractivity (Wildman–Crippen MR) is 76.2 cm³/mol. The minimum atomic E-state index is 0.497. The molecule has 2 rings (SSSR count). The summed E-state index contributed by atoms with van der Waals surface area (Å²) in [6, 6.07) is 9.04. The Labute approximate surface area is 110 Å². The average molecular weight is 248 g/mol. The van der Waals surface area contributed by atoms with Crippen LogP contribution in [0.15, 0.2) is 24.3 Å². The van der Waals surface area contributed by atoms with Crippen LogP contribution in [0.4, 0.5) is 5.69 Å². The second kappa shape index (κ2) is 6.21. The van der Waals surface area contributed by atoms with Crippen LogP contribution in [0.3, 0.4) is 0 Å². The number of hydrogen-bond acceptors (Lipinski definition) is 3. The molecule has 1 fully saturated rings. The average Bonchev–Trinajstić information content (AvgIpc) is 2.90. The first kappa shape index (κ1) is 13.4. The summed E-state index contributed by atoms with van der Waals surface area (Å²) in [5, 5.41) is 3.44. The van der Waals surface area contributed by atoms with Crippen LogP contribution in [0.1, 0.15) is 12.0 Å². The van der Waals surface area contributed by atoms with Crippen LogP contribution in [-0.4, -0.2) is 39.9 Å². The third-order valence-electron chi connectivity index (χ3n) is 3.90. The molecule has 100 valence electrons. The van der Waals surface area contributed by atoms with Crippen LogP contribution in [0.2, 0.25) is 0 Å². The number of aryl methyl sites for hydroxylation is 1. The van der Waals surface area contributed by atoms with Crippen molar-refractivity contribution in [1.29, 1.82) is 0 Å². The van der Waals surface area contributed by atoms with E-state index < -0.39 is 0 Å². The van der Waals surface area contributed by atoms with Crippen molar-refractivity contribution in [3.05, 3.63) is 29.8 Å². The molecule has 0 radical (unpaired) electrons. The smallest absolute Gasteiger partial charge is 0.0510 e. The summed E-state index contributed by atoms with van der Waals surface area (Å²) >= 11 is 0. The second-order valence-corrected chi connectivity index (χ2v) is 5.19. The number of rotatable bonds is 5. The molecule has 1 aromatic rings. The molecule has 1 heterocycles. The van der Waals surface area contributed by atoms with E-state index in [1.807, 2.05) is 0 Å². The van der Waals surface area contributed by atoms with Gasteiger partial charge in [0.1, 0.15) is 0 Å². The minimum absolute atomic E-state index is 0.497. The lowest BCUT2D eigenvalue weighted by molar-refractivity contribution is 0.178. The quantitative estimate of drug-likeness (QED) is 0.863. The van der Waals surface area contributed by atoms with Gasteiger partial charge in [-0.25, -0.2) is 0 Å². The van der Waals surface area contributed by atoms with Gasteiger partial charge in [-0.05, 0) is 32.0 Å². The zero-order chi connectivity index (χ0) is 13.0. The Morgan fingerprint density at radius 1 is 1.44 bits per heavy atom. The van der Waals surface area contributed by atoms with Gasteiger partial charge >= 0.3 is 0 Å². The summed E-state index contributed by atoms with van der Waals surface area (Å²) in [6.45, 7) is 5.00. The molecule has 1 saturated heterocycles. The molecule has 0 aliphatic carbocycles. The van der Waals surface area contributed by atoms with Crippen molar-refractivity contribution < 1.29 is 4.74 Å². The molecule has 0 aromatic heterocycles. The third kappa shape index (κ3) is 3.03. The first-order valence-corrected chi connectivity index (χ1v) is 6.74. The van der Waals surface area contributed by atoms with E-state index in [1.54, 1.807) is 0 Å². The molecule has 18 heavy (non-hydrogen) atoms. The molecule has 3 nitrogen and oxygen atoms in total. The van der Waals surface area contributed by atoms with Crippen molar-refractivity contribution in [3.63, 3.8) is 0 Å². The maximum absolute atomic E-state index is 5.49. The van der Waals surface area contributed by atoms with Gasteiger partial charge in [-0.15, -0.1) is 0 Å². The molecule has 2 atom stereocenters. The van der Waals surface area contributed by atoms with Crippen LogP contribution in [0, 0.1) is 12.8 Å². The summed E-state index contributed by atoms with van der Waals surface area (Å²) in [7, 11) is 4.22. The van der Waals surface area contributed by atoms with Gasteiger partial charge in [0, 0.05) is 37.8 Å². The highest BCUT2D eigenvalue weighted by Crippen LogP contribution is 2.21. The monoisotopic (exact) mass is 248 g/mol. The Bertz CT molecular complexity index is 375. The first-order valence-electron chi connectivity index (χ1n) is 6.74. The number of nitrogens with one attached hydrogen (secondary N) is 1. The number of hydrogen-bond donors (Lipinski definition) is 1. The Morgan fingerprint density at radius 2 is 2.22 bits per heavy atom. The molecule has 2 unspecified atom stereocenters. The Balaban J connectivity index is 2.00. The van der Waals surface area contributed by atoms with E-state index in [9.17, 15) is 0 Å². The van der Waals surface area contributed by atoms with Gasteiger partial charge in [-0.2, -0.15) is 0 Å². The van der Waals surface area contributed by atoms with Crippen molar-refractivity contribution in [1.82, 2.24) is 5.32 Å². The number of likely N-dealkylation sites (N-methyl/N-ethyl adjacent to an activating group) is 2. The lowest BCUT2D eigenvalue weighted by Gasteiger charge is -2.29. The molecular formula is C15H24N2O. The SMILES string of the molecule is CNC(CN(C)c1ccccc1C)C1CCOC1. The summed E-state index contributed by atoms with van der Waals surface area (Å²) in [5.74, 6) is 0.640. The zero-order valence-electron chi connectivity index (χ0n) is 11.6. The molecule has 1 N–H and O–H groups in total. The fourth-order valence-electron chi connectivity index (χ4n) is 2.73. The van der Waals surface area contributed by atoms with Gasteiger partial charge in [0.15, 0.2) is 0 Å². The number of benzene rings is 1. The van der Waals surface area contributed by atoms with Gasteiger partial charge < -0.3 is 15.0 Å². The minimum Gasteiger partial charge on any atom is -0.381 e. The van der Waals surface area contributed by atoms with Crippen molar-refractivity contribution in [2.75, 3.05) is 38.8 Å². The van der Waals surface area contributed by atoms with Gasteiger partial charge in [-0.1, -0.05) is 18.2 Å². The van der Waals surface area contributed by atoms with Crippen molar-refractivity contribution in [2.24, 2.45) is 5.92 Å². The van der Waals surface area contributed by atoms with Gasteiger partial charge in [0.05, 0.1) is 6.61 Å². The molecular weight excluding hydrogens is 224 g/mol. The van der Waals surface area contributed by atoms with E-state index in [-0.39, 0.29) is 0 Å². The highest BCUT2D eigenvalue weighted by molar-refractivity contribution is 5.52. The van der Waals surface area contributed by atoms with E-state index in [4.69, 9.17) is 4.74 Å². The number of para-hydroxylation sites is 1. The van der Waals surface area contributed by atoms with Crippen LogP contribution in [-0.2, 0) is 4.74 Å². The lowest BCUT2D eigenvalue weighted by atomic mass is 9.98. The maximum Gasteiger partial charge on any atom is 0.0510 e. The molecule has 0 spiro atoms. The summed E-state index contributed by atoms with van der Waals surface area (Å²) in [4.78, 5) is 2.34. The van der Waals surface area contributed by atoms with Crippen LogP contribution in [0.25, 0.3) is 0 Å². The predicted octanol–water partition coefficient (Wildman–Crippen LogP) is 2.06. The number of nitrogens with zero attached hydrogens (tertiary/aromatic N) is 1. The highest BCUT2D eigenvalue weighted by atomic mass is 16.5. The fourth-order valence-corrected chi connectivity index (χ4v) is 2.73. The topological polar surface area (TPSA) is 24.5 Å². The molecule has 0 saturated carbocycles. The lowest BCUT2D eigenvalue weighted by Crippen LogP contribution is -2.43. The molecule has 3 heteroatoms. The maximum atomic E-state index is 5.49.